The van der Waals surface area contributed by atoms with Crippen LogP contribution in [0.4, 0.5) is 0 Å². The van der Waals surface area contributed by atoms with E-state index in [9.17, 15) is 4.79 Å². The fraction of sp³-hybridized carbons (Fsp3) is 0.238. The van der Waals surface area contributed by atoms with Gasteiger partial charge in [0.05, 0.1) is 23.9 Å². The van der Waals surface area contributed by atoms with Crippen molar-refractivity contribution in [2.24, 2.45) is 0 Å². The summed E-state index contributed by atoms with van der Waals surface area (Å²) < 4.78 is 5.30. The Bertz CT molecular complexity index is 905. The molecule has 0 spiro atoms. The van der Waals surface area contributed by atoms with E-state index in [2.05, 4.69) is 12.2 Å². The molecule has 128 valence electrons. The van der Waals surface area contributed by atoms with E-state index >= 15 is 0 Å². The molecule has 4 heteroatoms. The smallest absolute Gasteiger partial charge is 0.252 e. The summed E-state index contributed by atoms with van der Waals surface area (Å²) in [5.41, 5.74) is 3.12. The van der Waals surface area contributed by atoms with Gasteiger partial charge in [0.2, 0.25) is 0 Å². The Morgan fingerprint density at radius 3 is 2.72 bits per heavy atom. The van der Waals surface area contributed by atoms with Crippen molar-refractivity contribution < 1.29 is 9.53 Å². The lowest BCUT2D eigenvalue weighted by Crippen LogP contribution is -2.32. The highest BCUT2D eigenvalue weighted by atomic mass is 16.5. The number of aromatic nitrogens is 1. The van der Waals surface area contributed by atoms with Crippen LogP contribution in [0.25, 0.3) is 22.2 Å². The molecule has 0 saturated carbocycles. The van der Waals surface area contributed by atoms with Gasteiger partial charge in [-0.05, 0) is 37.6 Å². The highest BCUT2D eigenvalue weighted by Crippen LogP contribution is 2.27. The van der Waals surface area contributed by atoms with E-state index in [0.717, 1.165) is 34.3 Å². The molecule has 4 nitrogen and oxygen atoms in total. The number of nitrogens with one attached hydrogen (secondary N) is 1. The quantitative estimate of drug-likeness (QED) is 0.750. The summed E-state index contributed by atoms with van der Waals surface area (Å²) in [6.45, 7) is 4.06. The SMILES string of the molecule is CCC(C)NC(=O)c1cc(-c2cccc(OC)c2)nc2ccccc12. The summed E-state index contributed by atoms with van der Waals surface area (Å²) in [7, 11) is 1.64. The molecule has 3 rings (SSSR count). The molecule has 0 saturated heterocycles. The zero-order valence-electron chi connectivity index (χ0n) is 14.7. The largest absolute Gasteiger partial charge is 0.497 e. The fourth-order valence-electron chi connectivity index (χ4n) is 2.70. The standard InChI is InChI=1S/C21H22N2O2/c1-4-14(2)22-21(24)18-13-20(15-8-7-9-16(12-15)25-3)23-19-11-6-5-10-17(18)19/h5-14H,4H2,1-3H3,(H,22,24). The Morgan fingerprint density at radius 2 is 1.96 bits per heavy atom. The number of carbonyl (C=O) groups is 1. The zero-order valence-corrected chi connectivity index (χ0v) is 14.7. The molecule has 1 heterocycles. The second-order valence-electron chi connectivity index (χ2n) is 6.09. The Balaban J connectivity index is 2.13. The van der Waals surface area contributed by atoms with E-state index in [-0.39, 0.29) is 11.9 Å². The Labute approximate surface area is 147 Å². The third kappa shape index (κ3) is 3.63. The van der Waals surface area contributed by atoms with Crippen LogP contribution in [0.2, 0.25) is 0 Å². The lowest BCUT2D eigenvalue weighted by Gasteiger charge is -2.14. The summed E-state index contributed by atoms with van der Waals surface area (Å²) in [6.07, 6.45) is 0.886. The predicted octanol–water partition coefficient (Wildman–Crippen LogP) is 4.44. The van der Waals surface area contributed by atoms with E-state index in [1.807, 2.05) is 61.5 Å². The number of methoxy groups -OCH3 is 1. The maximum Gasteiger partial charge on any atom is 0.252 e. The van der Waals surface area contributed by atoms with Gasteiger partial charge in [-0.1, -0.05) is 37.3 Å². The lowest BCUT2D eigenvalue weighted by molar-refractivity contribution is 0.0941. The number of rotatable bonds is 5. The van der Waals surface area contributed by atoms with Gasteiger partial charge in [-0.25, -0.2) is 4.98 Å². The maximum absolute atomic E-state index is 12.8. The number of benzene rings is 2. The van der Waals surface area contributed by atoms with Crippen molar-refractivity contribution in [3.63, 3.8) is 0 Å². The zero-order chi connectivity index (χ0) is 17.8. The molecule has 0 fully saturated rings. The molecule has 1 unspecified atom stereocenters. The van der Waals surface area contributed by atoms with Crippen LogP contribution in [0.1, 0.15) is 30.6 Å². The number of para-hydroxylation sites is 1. The summed E-state index contributed by atoms with van der Waals surface area (Å²) in [5.74, 6) is 0.690. The van der Waals surface area contributed by atoms with Gasteiger partial charge in [0.1, 0.15) is 5.75 Å². The monoisotopic (exact) mass is 334 g/mol. The summed E-state index contributed by atoms with van der Waals surface area (Å²) in [6, 6.07) is 17.4. The molecule has 0 bridgehead atoms. The molecule has 0 aliphatic rings. The average molecular weight is 334 g/mol. The number of pyridine rings is 1. The van der Waals surface area contributed by atoms with Crippen LogP contribution >= 0.6 is 0 Å². The molecule has 0 radical (unpaired) electrons. The molecule has 25 heavy (non-hydrogen) atoms. The van der Waals surface area contributed by atoms with Crippen LogP contribution in [0, 0.1) is 0 Å². The molecular formula is C21H22N2O2. The molecule has 1 aromatic heterocycles. The van der Waals surface area contributed by atoms with Crippen LogP contribution in [-0.4, -0.2) is 24.0 Å². The number of ether oxygens (including phenoxy) is 1. The normalized spacial score (nSPS) is 12.0. The van der Waals surface area contributed by atoms with E-state index in [1.165, 1.54) is 0 Å². The number of carbonyl (C=O) groups excluding carboxylic acids is 1. The molecule has 1 amide bonds. The first-order chi connectivity index (χ1) is 12.1. The molecule has 2 aromatic carbocycles. The number of hydrogen-bond acceptors (Lipinski definition) is 3. The third-order valence-electron chi connectivity index (χ3n) is 4.32. The van der Waals surface area contributed by atoms with Gasteiger partial charge in [0.15, 0.2) is 0 Å². The maximum atomic E-state index is 12.8. The van der Waals surface area contributed by atoms with Crippen molar-refractivity contribution in [1.29, 1.82) is 0 Å². The van der Waals surface area contributed by atoms with E-state index in [0.29, 0.717) is 5.56 Å². The first-order valence-electron chi connectivity index (χ1n) is 8.47. The molecule has 1 N–H and O–H groups in total. The summed E-state index contributed by atoms with van der Waals surface area (Å²) in [5, 5.41) is 3.90. The second-order valence-corrected chi connectivity index (χ2v) is 6.09. The molecule has 1 atom stereocenters. The minimum atomic E-state index is -0.0721. The first-order valence-corrected chi connectivity index (χ1v) is 8.47. The number of amides is 1. The number of nitrogens with zero attached hydrogens (tertiary/aromatic N) is 1. The van der Waals surface area contributed by atoms with Gasteiger partial charge < -0.3 is 10.1 Å². The first kappa shape index (κ1) is 17.0. The third-order valence-corrected chi connectivity index (χ3v) is 4.32. The van der Waals surface area contributed by atoms with Gasteiger partial charge in [0.25, 0.3) is 5.91 Å². The van der Waals surface area contributed by atoms with E-state index in [1.54, 1.807) is 7.11 Å². The molecule has 0 aliphatic heterocycles. The van der Waals surface area contributed by atoms with Crippen LogP contribution in [0.5, 0.6) is 5.75 Å². The van der Waals surface area contributed by atoms with Crippen LogP contribution in [0.3, 0.4) is 0 Å². The minimum absolute atomic E-state index is 0.0721. The fourth-order valence-corrected chi connectivity index (χ4v) is 2.70. The number of fused-ring (bicyclic) bond motifs is 1. The second kappa shape index (κ2) is 7.34. The predicted molar refractivity (Wildman–Crippen MR) is 101 cm³/mol. The van der Waals surface area contributed by atoms with Crippen LogP contribution < -0.4 is 10.1 Å². The van der Waals surface area contributed by atoms with Crippen molar-refractivity contribution in [3.8, 4) is 17.0 Å². The van der Waals surface area contributed by atoms with Gasteiger partial charge in [-0.3, -0.25) is 4.79 Å². The van der Waals surface area contributed by atoms with Crippen molar-refractivity contribution in [3.05, 3.63) is 60.2 Å². The summed E-state index contributed by atoms with van der Waals surface area (Å²) in [4.78, 5) is 17.5. The number of hydrogen-bond donors (Lipinski definition) is 1. The van der Waals surface area contributed by atoms with Crippen molar-refractivity contribution >= 4 is 16.8 Å². The van der Waals surface area contributed by atoms with Gasteiger partial charge >= 0.3 is 0 Å². The Hall–Kier alpha value is -2.88. The lowest BCUT2D eigenvalue weighted by atomic mass is 10.0. The molecule has 0 aliphatic carbocycles. The van der Waals surface area contributed by atoms with Gasteiger partial charge in [-0.15, -0.1) is 0 Å². The Kier molecular flexibility index (Phi) is 4.98. The highest BCUT2D eigenvalue weighted by Gasteiger charge is 2.15. The highest BCUT2D eigenvalue weighted by molar-refractivity contribution is 6.07. The van der Waals surface area contributed by atoms with Crippen molar-refractivity contribution in [2.75, 3.05) is 7.11 Å². The molecule has 3 aromatic rings. The summed E-state index contributed by atoms with van der Waals surface area (Å²) >= 11 is 0. The average Bonchev–Trinajstić information content (AvgIpc) is 2.66. The van der Waals surface area contributed by atoms with Crippen molar-refractivity contribution in [1.82, 2.24) is 10.3 Å². The van der Waals surface area contributed by atoms with Crippen LogP contribution in [-0.2, 0) is 0 Å². The van der Waals surface area contributed by atoms with Crippen LogP contribution in [0.15, 0.2) is 54.6 Å². The topological polar surface area (TPSA) is 51.2 Å². The molecular weight excluding hydrogens is 312 g/mol. The van der Waals surface area contributed by atoms with Gasteiger partial charge in [-0.2, -0.15) is 0 Å². The van der Waals surface area contributed by atoms with Crippen molar-refractivity contribution in [2.45, 2.75) is 26.3 Å². The van der Waals surface area contributed by atoms with E-state index < -0.39 is 0 Å². The minimum Gasteiger partial charge on any atom is -0.497 e. The van der Waals surface area contributed by atoms with E-state index in [4.69, 9.17) is 9.72 Å². The Morgan fingerprint density at radius 1 is 1.16 bits per heavy atom. The van der Waals surface area contributed by atoms with Gasteiger partial charge in [0, 0.05) is 17.0 Å².